The highest BCUT2D eigenvalue weighted by Gasteiger charge is 2.18. The summed E-state index contributed by atoms with van der Waals surface area (Å²) in [5.41, 5.74) is 2.00. The van der Waals surface area contributed by atoms with Crippen molar-refractivity contribution in [3.8, 4) is 0 Å². The van der Waals surface area contributed by atoms with Crippen LogP contribution in [0.1, 0.15) is 41.6 Å². The van der Waals surface area contributed by atoms with E-state index in [1.165, 1.54) is 18.4 Å². The van der Waals surface area contributed by atoms with E-state index in [0.29, 0.717) is 6.04 Å². The Bertz CT molecular complexity index is 397. The number of carbonyl (C=O) groups excluding carboxylic acids is 1. The lowest BCUT2D eigenvalue weighted by Gasteiger charge is -2.12. The van der Waals surface area contributed by atoms with Crippen molar-refractivity contribution < 1.29 is 4.79 Å². The minimum Gasteiger partial charge on any atom is -0.349 e. The smallest absolute Gasteiger partial charge is 0.252 e. The summed E-state index contributed by atoms with van der Waals surface area (Å²) in [4.78, 5) is 12.0. The van der Waals surface area contributed by atoms with Gasteiger partial charge in [-0.2, -0.15) is 0 Å². The number of carbonyl (C=O) groups is 1. The van der Waals surface area contributed by atoms with Crippen LogP contribution in [0.5, 0.6) is 0 Å². The van der Waals surface area contributed by atoms with Gasteiger partial charge in [0, 0.05) is 9.61 Å². The third-order valence-electron chi connectivity index (χ3n) is 3.06. The zero-order chi connectivity index (χ0) is 11.5. The standard InChI is InChI=1S/C13H16INO/c1-9-6-7-11(12(14)8-9)13(16)15-10-4-2-3-5-10/h6-8,10H,2-5H2,1H3,(H,15,16). The lowest BCUT2D eigenvalue weighted by molar-refractivity contribution is 0.0937. The quantitative estimate of drug-likeness (QED) is 0.829. The molecule has 86 valence electrons. The molecule has 0 spiro atoms. The van der Waals surface area contributed by atoms with Gasteiger partial charge in [0.15, 0.2) is 0 Å². The van der Waals surface area contributed by atoms with Crippen LogP contribution in [-0.4, -0.2) is 11.9 Å². The summed E-state index contributed by atoms with van der Waals surface area (Å²) in [5, 5.41) is 3.11. The van der Waals surface area contributed by atoms with Gasteiger partial charge in [0.2, 0.25) is 0 Å². The summed E-state index contributed by atoms with van der Waals surface area (Å²) in [5.74, 6) is 0.0799. The van der Waals surface area contributed by atoms with Crippen LogP contribution in [0.3, 0.4) is 0 Å². The van der Waals surface area contributed by atoms with Gasteiger partial charge in [-0.05, 0) is 54.5 Å². The summed E-state index contributed by atoms with van der Waals surface area (Å²) in [6, 6.07) is 6.35. The molecule has 1 aromatic carbocycles. The van der Waals surface area contributed by atoms with E-state index in [1.54, 1.807) is 0 Å². The summed E-state index contributed by atoms with van der Waals surface area (Å²) in [7, 11) is 0. The molecule has 1 aromatic rings. The maximum atomic E-state index is 12.0. The van der Waals surface area contributed by atoms with E-state index in [0.717, 1.165) is 22.0 Å². The fraction of sp³-hybridized carbons (Fsp3) is 0.462. The molecular formula is C13H16INO. The van der Waals surface area contributed by atoms with Crippen LogP contribution in [0.4, 0.5) is 0 Å². The molecule has 1 saturated carbocycles. The maximum Gasteiger partial charge on any atom is 0.252 e. The number of benzene rings is 1. The third kappa shape index (κ3) is 2.75. The normalized spacial score (nSPS) is 16.4. The molecule has 2 nitrogen and oxygen atoms in total. The first kappa shape index (κ1) is 11.9. The van der Waals surface area contributed by atoms with Gasteiger partial charge in [-0.1, -0.05) is 24.5 Å². The Labute approximate surface area is 110 Å². The number of hydrogen-bond acceptors (Lipinski definition) is 1. The van der Waals surface area contributed by atoms with Crippen LogP contribution >= 0.6 is 22.6 Å². The largest absolute Gasteiger partial charge is 0.349 e. The Hall–Kier alpha value is -0.580. The first-order valence-corrected chi connectivity index (χ1v) is 6.82. The summed E-state index contributed by atoms with van der Waals surface area (Å²) in [6.45, 7) is 2.04. The second kappa shape index (κ2) is 5.17. The van der Waals surface area contributed by atoms with Gasteiger partial charge in [-0.3, -0.25) is 4.79 Å². The van der Waals surface area contributed by atoms with Gasteiger partial charge < -0.3 is 5.32 Å². The lowest BCUT2D eigenvalue weighted by Crippen LogP contribution is -2.33. The second-order valence-electron chi connectivity index (χ2n) is 4.44. The highest BCUT2D eigenvalue weighted by atomic mass is 127. The summed E-state index contributed by atoms with van der Waals surface area (Å²) >= 11 is 2.23. The topological polar surface area (TPSA) is 29.1 Å². The minimum absolute atomic E-state index is 0.0799. The fourth-order valence-corrected chi connectivity index (χ4v) is 3.05. The molecule has 0 heterocycles. The van der Waals surface area contributed by atoms with E-state index in [4.69, 9.17) is 0 Å². The monoisotopic (exact) mass is 329 g/mol. The van der Waals surface area contributed by atoms with E-state index in [1.807, 2.05) is 25.1 Å². The van der Waals surface area contributed by atoms with Gasteiger partial charge in [-0.25, -0.2) is 0 Å². The highest BCUT2D eigenvalue weighted by molar-refractivity contribution is 14.1. The van der Waals surface area contributed by atoms with Crippen molar-refractivity contribution in [1.82, 2.24) is 5.32 Å². The van der Waals surface area contributed by atoms with Gasteiger partial charge >= 0.3 is 0 Å². The van der Waals surface area contributed by atoms with Gasteiger partial charge in [0.05, 0.1) is 5.56 Å². The highest BCUT2D eigenvalue weighted by Crippen LogP contribution is 2.19. The van der Waals surface area contributed by atoms with Crippen LogP contribution in [0.15, 0.2) is 18.2 Å². The SMILES string of the molecule is Cc1ccc(C(=O)NC2CCCC2)c(I)c1. The predicted molar refractivity (Wildman–Crippen MR) is 73.6 cm³/mol. The van der Waals surface area contributed by atoms with E-state index in [9.17, 15) is 4.79 Å². The summed E-state index contributed by atoms with van der Waals surface area (Å²) < 4.78 is 1.04. The molecule has 0 radical (unpaired) electrons. The Morgan fingerprint density at radius 1 is 1.38 bits per heavy atom. The molecule has 3 heteroatoms. The van der Waals surface area contributed by atoms with Crippen molar-refractivity contribution in [1.29, 1.82) is 0 Å². The van der Waals surface area contributed by atoms with Crippen molar-refractivity contribution in [2.75, 3.05) is 0 Å². The maximum absolute atomic E-state index is 12.0. The second-order valence-corrected chi connectivity index (χ2v) is 5.60. The molecular weight excluding hydrogens is 313 g/mol. The molecule has 1 amide bonds. The first-order valence-electron chi connectivity index (χ1n) is 5.74. The van der Waals surface area contributed by atoms with Crippen LogP contribution < -0.4 is 5.32 Å². The number of nitrogens with one attached hydrogen (secondary N) is 1. The predicted octanol–water partition coefficient (Wildman–Crippen LogP) is 3.27. The average Bonchev–Trinajstić information content (AvgIpc) is 2.70. The van der Waals surface area contributed by atoms with E-state index >= 15 is 0 Å². The Kier molecular flexibility index (Phi) is 3.84. The Morgan fingerprint density at radius 3 is 2.69 bits per heavy atom. The fourth-order valence-electron chi connectivity index (χ4n) is 2.14. The zero-order valence-corrected chi connectivity index (χ0v) is 11.6. The van der Waals surface area contributed by atoms with Crippen LogP contribution in [0.25, 0.3) is 0 Å². The number of amides is 1. The molecule has 1 N–H and O–H groups in total. The van der Waals surface area contributed by atoms with Crippen molar-refractivity contribution in [3.63, 3.8) is 0 Å². The molecule has 0 bridgehead atoms. The van der Waals surface area contributed by atoms with Crippen molar-refractivity contribution in [3.05, 3.63) is 32.9 Å². The van der Waals surface area contributed by atoms with Gasteiger partial charge in [0.25, 0.3) is 5.91 Å². The lowest BCUT2D eigenvalue weighted by atomic mass is 10.1. The van der Waals surface area contributed by atoms with Crippen molar-refractivity contribution >= 4 is 28.5 Å². The van der Waals surface area contributed by atoms with Crippen LogP contribution in [0, 0.1) is 10.5 Å². The average molecular weight is 329 g/mol. The van der Waals surface area contributed by atoms with Gasteiger partial charge in [0.1, 0.15) is 0 Å². The molecule has 1 aliphatic rings. The van der Waals surface area contributed by atoms with Crippen molar-refractivity contribution in [2.24, 2.45) is 0 Å². The van der Waals surface area contributed by atoms with Gasteiger partial charge in [-0.15, -0.1) is 0 Å². The summed E-state index contributed by atoms with van der Waals surface area (Å²) in [6.07, 6.45) is 4.76. The molecule has 0 saturated heterocycles. The number of halogens is 1. The Balaban J connectivity index is 2.08. The van der Waals surface area contributed by atoms with Crippen LogP contribution in [0.2, 0.25) is 0 Å². The Morgan fingerprint density at radius 2 is 2.06 bits per heavy atom. The number of aryl methyl sites for hydroxylation is 1. The third-order valence-corrected chi connectivity index (χ3v) is 3.95. The first-order chi connectivity index (χ1) is 7.66. The molecule has 16 heavy (non-hydrogen) atoms. The molecule has 0 atom stereocenters. The zero-order valence-electron chi connectivity index (χ0n) is 9.42. The van der Waals surface area contributed by atoms with E-state index < -0.39 is 0 Å². The van der Waals surface area contributed by atoms with E-state index in [2.05, 4.69) is 27.9 Å². The molecule has 0 aliphatic heterocycles. The molecule has 1 aliphatic carbocycles. The molecule has 1 fully saturated rings. The molecule has 2 rings (SSSR count). The van der Waals surface area contributed by atoms with Crippen molar-refractivity contribution in [2.45, 2.75) is 38.6 Å². The number of hydrogen-bond donors (Lipinski definition) is 1. The van der Waals surface area contributed by atoms with E-state index in [-0.39, 0.29) is 5.91 Å². The number of rotatable bonds is 2. The van der Waals surface area contributed by atoms with Crippen LogP contribution in [-0.2, 0) is 0 Å². The molecule has 0 unspecified atom stereocenters. The minimum atomic E-state index is 0.0799. The molecule has 0 aromatic heterocycles.